The Morgan fingerprint density at radius 1 is 1.14 bits per heavy atom. The molecule has 0 aliphatic carbocycles. The van der Waals surface area contributed by atoms with Crippen LogP contribution in [-0.2, 0) is 11.8 Å². The van der Waals surface area contributed by atoms with Crippen LogP contribution in [0.4, 0.5) is 0 Å². The van der Waals surface area contributed by atoms with Crippen molar-refractivity contribution in [2.75, 3.05) is 5.75 Å². The maximum atomic E-state index is 12.0. The number of amides is 1. The molecule has 1 heterocycles. The first-order chi connectivity index (χ1) is 13.5. The number of rotatable bonds is 7. The van der Waals surface area contributed by atoms with Gasteiger partial charge in [0.1, 0.15) is 0 Å². The monoisotopic (exact) mass is 393 g/mol. The second-order valence-corrected chi connectivity index (χ2v) is 7.58. The molecule has 144 valence electrons. The predicted octanol–water partition coefficient (Wildman–Crippen LogP) is 3.85. The lowest BCUT2D eigenvalue weighted by Gasteiger charge is -2.04. The third-order valence-corrected chi connectivity index (χ3v) is 5.23. The SMILES string of the molecule is CC(C)c1ccc(/C=N/NC(=O)CSc2nnc(-c3ccccc3)n2C)cc1. The molecule has 0 saturated heterocycles. The van der Waals surface area contributed by atoms with Crippen LogP contribution < -0.4 is 5.43 Å². The highest BCUT2D eigenvalue weighted by molar-refractivity contribution is 7.99. The van der Waals surface area contributed by atoms with Crippen molar-refractivity contribution in [3.63, 3.8) is 0 Å². The minimum atomic E-state index is -0.190. The van der Waals surface area contributed by atoms with E-state index >= 15 is 0 Å². The van der Waals surface area contributed by atoms with Gasteiger partial charge in [0, 0.05) is 12.6 Å². The standard InChI is InChI=1S/C21H23N5OS/c1-15(2)17-11-9-16(10-12-17)13-22-23-19(27)14-28-21-25-24-20(26(21)3)18-7-5-4-6-8-18/h4-13,15H,14H2,1-3H3,(H,23,27)/b22-13+. The molecule has 1 aromatic heterocycles. The average Bonchev–Trinajstić information content (AvgIpc) is 3.08. The highest BCUT2D eigenvalue weighted by Gasteiger charge is 2.12. The van der Waals surface area contributed by atoms with Crippen LogP contribution in [0.5, 0.6) is 0 Å². The van der Waals surface area contributed by atoms with Gasteiger partial charge in [-0.05, 0) is 17.0 Å². The number of hydrogen-bond donors (Lipinski definition) is 1. The van der Waals surface area contributed by atoms with Crippen LogP contribution in [0.25, 0.3) is 11.4 Å². The molecule has 0 bridgehead atoms. The lowest BCUT2D eigenvalue weighted by Crippen LogP contribution is -2.19. The zero-order chi connectivity index (χ0) is 19.9. The molecular formula is C21H23N5OS. The Bertz CT molecular complexity index is 949. The molecule has 28 heavy (non-hydrogen) atoms. The van der Waals surface area contributed by atoms with Gasteiger partial charge in [-0.2, -0.15) is 5.10 Å². The van der Waals surface area contributed by atoms with E-state index in [0.717, 1.165) is 17.0 Å². The average molecular weight is 394 g/mol. The number of hydrogen-bond acceptors (Lipinski definition) is 5. The third-order valence-electron chi connectivity index (χ3n) is 4.21. The number of nitrogens with one attached hydrogen (secondary N) is 1. The van der Waals surface area contributed by atoms with Gasteiger partial charge in [-0.25, -0.2) is 5.43 Å². The van der Waals surface area contributed by atoms with Gasteiger partial charge >= 0.3 is 0 Å². The first kappa shape index (κ1) is 19.8. The van der Waals surface area contributed by atoms with Crippen LogP contribution >= 0.6 is 11.8 Å². The van der Waals surface area contributed by atoms with E-state index < -0.39 is 0 Å². The first-order valence-corrected chi connectivity index (χ1v) is 10.0. The highest BCUT2D eigenvalue weighted by Crippen LogP contribution is 2.22. The van der Waals surface area contributed by atoms with E-state index in [1.54, 1.807) is 6.21 Å². The normalized spacial score (nSPS) is 11.3. The fourth-order valence-corrected chi connectivity index (χ4v) is 3.29. The largest absolute Gasteiger partial charge is 0.305 e. The van der Waals surface area contributed by atoms with E-state index in [1.165, 1.54) is 17.3 Å². The molecule has 3 rings (SSSR count). The summed E-state index contributed by atoms with van der Waals surface area (Å²) in [5, 5.41) is 13.1. The number of carbonyl (C=O) groups excluding carboxylic acids is 1. The number of nitrogens with zero attached hydrogens (tertiary/aromatic N) is 4. The fraction of sp³-hybridized carbons (Fsp3) is 0.238. The fourth-order valence-electron chi connectivity index (χ4n) is 2.59. The van der Waals surface area contributed by atoms with Crippen molar-refractivity contribution < 1.29 is 4.79 Å². The first-order valence-electron chi connectivity index (χ1n) is 9.04. The summed E-state index contributed by atoms with van der Waals surface area (Å²) >= 11 is 1.33. The van der Waals surface area contributed by atoms with Crippen molar-refractivity contribution in [2.45, 2.75) is 24.9 Å². The molecule has 2 aromatic carbocycles. The highest BCUT2D eigenvalue weighted by atomic mass is 32.2. The summed E-state index contributed by atoms with van der Waals surface area (Å²) in [5.74, 6) is 1.28. The topological polar surface area (TPSA) is 72.2 Å². The lowest BCUT2D eigenvalue weighted by molar-refractivity contribution is -0.118. The molecule has 0 saturated carbocycles. The van der Waals surface area contributed by atoms with Crippen LogP contribution in [0.15, 0.2) is 64.9 Å². The molecular weight excluding hydrogens is 370 g/mol. The number of hydrazone groups is 1. The van der Waals surface area contributed by atoms with Crippen LogP contribution in [0.1, 0.15) is 30.9 Å². The molecule has 7 heteroatoms. The van der Waals surface area contributed by atoms with Gasteiger partial charge in [-0.1, -0.05) is 80.2 Å². The van der Waals surface area contributed by atoms with Gasteiger partial charge in [0.15, 0.2) is 11.0 Å². The molecule has 6 nitrogen and oxygen atoms in total. The molecule has 3 aromatic rings. The summed E-state index contributed by atoms with van der Waals surface area (Å²) in [6.45, 7) is 4.31. The summed E-state index contributed by atoms with van der Waals surface area (Å²) in [6, 6.07) is 18.0. The van der Waals surface area contributed by atoms with Crippen LogP contribution in [-0.4, -0.2) is 32.6 Å². The molecule has 0 aliphatic rings. The van der Waals surface area contributed by atoms with Gasteiger partial charge in [0.05, 0.1) is 12.0 Å². The van der Waals surface area contributed by atoms with Gasteiger partial charge in [0.2, 0.25) is 0 Å². The summed E-state index contributed by atoms with van der Waals surface area (Å²) < 4.78 is 1.88. The van der Waals surface area contributed by atoms with Crippen molar-refractivity contribution in [3.05, 3.63) is 65.7 Å². The van der Waals surface area contributed by atoms with Crippen molar-refractivity contribution in [2.24, 2.45) is 12.1 Å². The molecule has 0 spiro atoms. The van der Waals surface area contributed by atoms with E-state index in [0.29, 0.717) is 11.1 Å². The summed E-state index contributed by atoms with van der Waals surface area (Å²) in [4.78, 5) is 12.0. The van der Waals surface area contributed by atoms with Gasteiger partial charge in [-0.15, -0.1) is 10.2 Å². The molecule has 1 N–H and O–H groups in total. The zero-order valence-electron chi connectivity index (χ0n) is 16.2. The van der Waals surface area contributed by atoms with E-state index in [4.69, 9.17) is 0 Å². The molecule has 0 atom stereocenters. The van der Waals surface area contributed by atoms with Gasteiger partial charge < -0.3 is 4.57 Å². The Hall–Kier alpha value is -2.93. The zero-order valence-corrected chi connectivity index (χ0v) is 17.0. The molecule has 0 fully saturated rings. The maximum Gasteiger partial charge on any atom is 0.250 e. The quantitative estimate of drug-likeness (QED) is 0.376. The molecule has 0 radical (unpaired) electrons. The van der Waals surface area contributed by atoms with E-state index in [1.807, 2.05) is 54.1 Å². The van der Waals surface area contributed by atoms with E-state index in [-0.39, 0.29) is 11.7 Å². The van der Waals surface area contributed by atoms with Crippen LogP contribution in [0, 0.1) is 0 Å². The van der Waals surface area contributed by atoms with Crippen molar-refractivity contribution in [3.8, 4) is 11.4 Å². The number of aromatic nitrogens is 3. The van der Waals surface area contributed by atoms with Gasteiger partial charge in [0.25, 0.3) is 5.91 Å². The van der Waals surface area contributed by atoms with E-state index in [2.05, 4.69) is 46.7 Å². The van der Waals surface area contributed by atoms with Crippen LogP contribution in [0.2, 0.25) is 0 Å². The van der Waals surface area contributed by atoms with Crippen LogP contribution in [0.3, 0.4) is 0 Å². The van der Waals surface area contributed by atoms with Crippen molar-refractivity contribution >= 4 is 23.9 Å². The number of thioether (sulfide) groups is 1. The molecule has 0 unspecified atom stereocenters. The van der Waals surface area contributed by atoms with Gasteiger partial charge in [-0.3, -0.25) is 4.79 Å². The minimum absolute atomic E-state index is 0.190. The lowest BCUT2D eigenvalue weighted by atomic mass is 10.0. The number of benzene rings is 2. The summed E-state index contributed by atoms with van der Waals surface area (Å²) in [5.41, 5.74) is 5.75. The second-order valence-electron chi connectivity index (χ2n) is 6.63. The molecule has 0 aliphatic heterocycles. The Labute approximate surface area is 169 Å². The molecule has 1 amide bonds. The minimum Gasteiger partial charge on any atom is -0.305 e. The Morgan fingerprint density at radius 2 is 1.86 bits per heavy atom. The Balaban J connectivity index is 1.51. The van der Waals surface area contributed by atoms with E-state index in [9.17, 15) is 4.79 Å². The third kappa shape index (κ3) is 5.07. The smallest absolute Gasteiger partial charge is 0.250 e. The predicted molar refractivity (Wildman–Crippen MR) is 113 cm³/mol. The Morgan fingerprint density at radius 3 is 2.54 bits per heavy atom. The summed E-state index contributed by atoms with van der Waals surface area (Å²) in [6.07, 6.45) is 1.64. The maximum absolute atomic E-state index is 12.0. The summed E-state index contributed by atoms with van der Waals surface area (Å²) in [7, 11) is 1.89. The van der Waals surface area contributed by atoms with Crippen molar-refractivity contribution in [1.29, 1.82) is 0 Å². The number of carbonyl (C=O) groups is 1. The Kier molecular flexibility index (Phi) is 6.60. The van der Waals surface area contributed by atoms with Crippen molar-refractivity contribution in [1.82, 2.24) is 20.2 Å². The second kappa shape index (κ2) is 9.32.